The summed E-state index contributed by atoms with van der Waals surface area (Å²) in [6, 6.07) is 13.5. The maximum Gasteiger partial charge on any atom is 0.259 e. The van der Waals surface area contributed by atoms with Crippen molar-refractivity contribution in [2.24, 2.45) is 0 Å². The van der Waals surface area contributed by atoms with Crippen LogP contribution in [0.5, 0.6) is 0 Å². The van der Waals surface area contributed by atoms with Crippen molar-refractivity contribution in [2.45, 2.75) is 25.5 Å². The van der Waals surface area contributed by atoms with Gasteiger partial charge in [0.15, 0.2) is 11.9 Å². The number of hydrogen-bond acceptors (Lipinski definition) is 9. The van der Waals surface area contributed by atoms with E-state index < -0.39 is 6.10 Å². The van der Waals surface area contributed by atoms with Gasteiger partial charge in [-0.25, -0.2) is 0 Å². The van der Waals surface area contributed by atoms with Crippen molar-refractivity contribution in [1.82, 2.24) is 20.4 Å². The molecule has 0 spiro atoms. The molecule has 2 N–H and O–H groups in total. The zero-order valence-corrected chi connectivity index (χ0v) is 17.4. The van der Waals surface area contributed by atoms with Gasteiger partial charge >= 0.3 is 0 Å². The number of rotatable bonds is 8. The lowest BCUT2D eigenvalue weighted by Gasteiger charge is -2.16. The van der Waals surface area contributed by atoms with Crippen molar-refractivity contribution in [3.8, 4) is 0 Å². The highest BCUT2D eigenvalue weighted by Gasteiger charge is 2.25. The van der Waals surface area contributed by atoms with E-state index in [2.05, 4.69) is 35.9 Å². The van der Waals surface area contributed by atoms with Crippen LogP contribution in [0.25, 0.3) is 0 Å². The Balaban J connectivity index is 1.34. The number of anilines is 3. The highest BCUT2D eigenvalue weighted by molar-refractivity contribution is 7.19. The van der Waals surface area contributed by atoms with Gasteiger partial charge in [-0.2, -0.15) is 5.10 Å². The summed E-state index contributed by atoms with van der Waals surface area (Å²) in [6.45, 7) is 3.99. The number of nitrogens with one attached hydrogen (secondary N) is 2. The van der Waals surface area contributed by atoms with E-state index in [0.29, 0.717) is 16.9 Å². The van der Waals surface area contributed by atoms with E-state index in [1.54, 1.807) is 6.20 Å². The summed E-state index contributed by atoms with van der Waals surface area (Å²) in [4.78, 5) is 14.9. The Labute approximate surface area is 178 Å². The lowest BCUT2D eigenvalue weighted by molar-refractivity contribution is -0.127. The zero-order chi connectivity index (χ0) is 20.8. The number of nitrogens with zero attached hydrogens (tertiary/aromatic N) is 5. The molecule has 0 aliphatic carbocycles. The van der Waals surface area contributed by atoms with E-state index in [1.165, 1.54) is 11.3 Å². The van der Waals surface area contributed by atoms with Crippen LogP contribution in [-0.2, 0) is 9.53 Å². The number of ether oxygens (including phenoxy) is 1. The van der Waals surface area contributed by atoms with Crippen molar-refractivity contribution in [3.05, 3.63) is 54.2 Å². The summed E-state index contributed by atoms with van der Waals surface area (Å²) >= 11 is 1.31. The van der Waals surface area contributed by atoms with E-state index >= 15 is 0 Å². The molecule has 1 aromatic carbocycles. The molecule has 3 aromatic rings. The number of carbonyl (C=O) groups excluding carboxylic acids is 1. The number of hydrogen-bond donors (Lipinski definition) is 2. The van der Waals surface area contributed by atoms with Gasteiger partial charge in [0.1, 0.15) is 0 Å². The molecule has 30 heavy (non-hydrogen) atoms. The van der Waals surface area contributed by atoms with Gasteiger partial charge in [-0.1, -0.05) is 41.7 Å². The number of aromatic nitrogens is 4. The SMILES string of the molecule is CCOC(C(=O)Nc1nnc(N[C@@H]2CCN(c3cccnn3)C2)s1)c1ccccc1. The first kappa shape index (κ1) is 20.2. The van der Waals surface area contributed by atoms with E-state index in [4.69, 9.17) is 4.74 Å². The molecule has 156 valence electrons. The third-order valence-corrected chi connectivity index (χ3v) is 5.50. The largest absolute Gasteiger partial charge is 0.364 e. The molecule has 1 fully saturated rings. The molecule has 0 saturated carbocycles. The normalized spacial score (nSPS) is 17.0. The minimum Gasteiger partial charge on any atom is -0.364 e. The van der Waals surface area contributed by atoms with E-state index in [9.17, 15) is 4.79 Å². The Morgan fingerprint density at radius 2 is 2.03 bits per heavy atom. The molecule has 1 unspecified atom stereocenters. The van der Waals surface area contributed by atoms with Gasteiger partial charge in [0, 0.05) is 31.9 Å². The monoisotopic (exact) mass is 425 g/mol. The predicted molar refractivity (Wildman–Crippen MR) is 116 cm³/mol. The van der Waals surface area contributed by atoms with Gasteiger partial charge in [0.25, 0.3) is 5.91 Å². The van der Waals surface area contributed by atoms with E-state index in [1.807, 2.05) is 49.4 Å². The van der Waals surface area contributed by atoms with Crippen molar-refractivity contribution in [2.75, 3.05) is 35.2 Å². The first-order valence-electron chi connectivity index (χ1n) is 9.83. The molecule has 10 heteroatoms. The van der Waals surface area contributed by atoms with E-state index in [0.717, 1.165) is 30.9 Å². The van der Waals surface area contributed by atoms with Crippen molar-refractivity contribution in [3.63, 3.8) is 0 Å². The highest BCUT2D eigenvalue weighted by Crippen LogP contribution is 2.26. The summed E-state index contributed by atoms with van der Waals surface area (Å²) in [7, 11) is 0. The molecule has 3 heterocycles. The lowest BCUT2D eigenvalue weighted by Crippen LogP contribution is -2.26. The average molecular weight is 426 g/mol. The second-order valence-corrected chi connectivity index (χ2v) is 7.78. The van der Waals surface area contributed by atoms with Crippen LogP contribution in [0.4, 0.5) is 16.1 Å². The number of amides is 1. The Bertz CT molecular complexity index is 954. The van der Waals surface area contributed by atoms with Crippen molar-refractivity contribution < 1.29 is 9.53 Å². The van der Waals surface area contributed by atoms with Crippen LogP contribution in [0.3, 0.4) is 0 Å². The quantitative estimate of drug-likeness (QED) is 0.568. The maximum absolute atomic E-state index is 12.7. The van der Waals surface area contributed by atoms with Crippen LogP contribution in [0.2, 0.25) is 0 Å². The molecule has 1 amide bonds. The van der Waals surface area contributed by atoms with Crippen molar-refractivity contribution >= 4 is 33.3 Å². The second kappa shape index (κ2) is 9.59. The van der Waals surface area contributed by atoms with Gasteiger partial charge in [0.2, 0.25) is 10.3 Å². The minimum atomic E-state index is -0.688. The maximum atomic E-state index is 12.7. The highest BCUT2D eigenvalue weighted by atomic mass is 32.1. The third-order valence-electron chi connectivity index (χ3n) is 4.73. The third kappa shape index (κ3) is 4.89. The van der Waals surface area contributed by atoms with Gasteiger partial charge in [0.05, 0.1) is 0 Å². The van der Waals surface area contributed by atoms with Crippen LogP contribution in [0, 0.1) is 0 Å². The standard InChI is InChI=1S/C20H23N7O2S/c1-2-29-17(14-7-4-3-5-8-14)18(28)23-20-26-25-19(30-20)22-15-10-12-27(13-15)16-9-6-11-21-24-16/h3-9,11,15,17H,2,10,12-13H2,1H3,(H,22,25)(H,23,26,28)/t15-,17?/m1/s1. The molecule has 2 atom stereocenters. The van der Waals surface area contributed by atoms with Crippen LogP contribution in [0.1, 0.15) is 25.0 Å². The van der Waals surface area contributed by atoms with Crippen LogP contribution in [-0.4, -0.2) is 52.0 Å². The Hall–Kier alpha value is -3.11. The Morgan fingerprint density at radius 3 is 2.80 bits per heavy atom. The van der Waals surface area contributed by atoms with Gasteiger partial charge in [-0.3, -0.25) is 10.1 Å². The van der Waals surface area contributed by atoms with Crippen LogP contribution >= 0.6 is 11.3 Å². The fourth-order valence-corrected chi connectivity index (χ4v) is 4.07. The average Bonchev–Trinajstić information content (AvgIpc) is 3.43. The fourth-order valence-electron chi connectivity index (χ4n) is 3.34. The smallest absolute Gasteiger partial charge is 0.259 e. The second-order valence-electron chi connectivity index (χ2n) is 6.81. The number of carbonyl (C=O) groups is 1. The Kier molecular flexibility index (Phi) is 6.45. The topological polar surface area (TPSA) is 105 Å². The summed E-state index contributed by atoms with van der Waals surface area (Å²) in [6.07, 6.45) is 1.94. The molecule has 0 bridgehead atoms. The molecule has 1 saturated heterocycles. The first-order valence-corrected chi connectivity index (χ1v) is 10.6. The Morgan fingerprint density at radius 1 is 1.20 bits per heavy atom. The van der Waals surface area contributed by atoms with E-state index in [-0.39, 0.29) is 11.9 Å². The lowest BCUT2D eigenvalue weighted by atomic mass is 10.1. The minimum absolute atomic E-state index is 0.226. The molecular formula is C20H23N7O2S. The molecule has 2 aromatic heterocycles. The molecule has 0 radical (unpaired) electrons. The summed E-state index contributed by atoms with van der Waals surface area (Å²) in [5, 5.41) is 23.7. The summed E-state index contributed by atoms with van der Waals surface area (Å²) < 4.78 is 5.64. The van der Waals surface area contributed by atoms with Gasteiger partial charge in [-0.15, -0.1) is 15.3 Å². The molecule has 4 rings (SSSR count). The predicted octanol–water partition coefficient (Wildman–Crippen LogP) is 2.74. The zero-order valence-electron chi connectivity index (χ0n) is 16.6. The fraction of sp³-hybridized carbons (Fsp3) is 0.350. The van der Waals surface area contributed by atoms with Crippen LogP contribution in [0.15, 0.2) is 48.7 Å². The summed E-state index contributed by atoms with van der Waals surface area (Å²) in [5.41, 5.74) is 0.801. The van der Waals surface area contributed by atoms with Crippen molar-refractivity contribution in [1.29, 1.82) is 0 Å². The summed E-state index contributed by atoms with van der Waals surface area (Å²) in [5.74, 6) is 0.607. The van der Waals surface area contributed by atoms with Gasteiger partial charge < -0.3 is 15.0 Å². The van der Waals surface area contributed by atoms with Gasteiger partial charge in [-0.05, 0) is 31.0 Å². The number of benzene rings is 1. The molecule has 1 aliphatic heterocycles. The first-order chi connectivity index (χ1) is 14.7. The molecule has 9 nitrogen and oxygen atoms in total. The molecule has 1 aliphatic rings. The molecular weight excluding hydrogens is 402 g/mol. The van der Waals surface area contributed by atoms with Crippen LogP contribution < -0.4 is 15.5 Å².